The average molecular weight is 489 g/mol. The lowest BCUT2D eigenvalue weighted by molar-refractivity contribution is -0.185. The zero-order valence-electron chi connectivity index (χ0n) is 17.3. The molecular formula is C22H21Cl2F3N2O3. The van der Waals surface area contributed by atoms with Crippen LogP contribution in [0.25, 0.3) is 0 Å². The van der Waals surface area contributed by atoms with Gasteiger partial charge < -0.3 is 9.64 Å². The predicted molar refractivity (Wildman–Crippen MR) is 117 cm³/mol. The Balaban J connectivity index is 2.56. The summed E-state index contributed by atoms with van der Waals surface area (Å²) in [6, 6.07) is 12.6. The highest BCUT2D eigenvalue weighted by Gasteiger charge is 2.46. The van der Waals surface area contributed by atoms with Crippen molar-refractivity contribution in [3.05, 3.63) is 76.8 Å². The van der Waals surface area contributed by atoms with Gasteiger partial charge in [-0.1, -0.05) is 53.5 Å². The number of para-hydroxylation sites is 1. The maximum Gasteiger partial charge on any atom is 0.471 e. The van der Waals surface area contributed by atoms with E-state index in [0.717, 1.165) is 11.9 Å². The first kappa shape index (κ1) is 25.5. The van der Waals surface area contributed by atoms with Crippen molar-refractivity contribution in [3.63, 3.8) is 0 Å². The monoisotopic (exact) mass is 488 g/mol. The third kappa shape index (κ3) is 5.75. The summed E-state index contributed by atoms with van der Waals surface area (Å²) in [6.45, 7) is 3.16. The molecule has 0 bridgehead atoms. The number of likely N-dealkylation sites (N-methyl/N-ethyl adjacent to an activating group) is 2. The van der Waals surface area contributed by atoms with Crippen molar-refractivity contribution in [2.75, 3.05) is 20.6 Å². The van der Waals surface area contributed by atoms with Gasteiger partial charge in [0.05, 0.1) is 15.6 Å². The zero-order chi connectivity index (χ0) is 24.1. The van der Waals surface area contributed by atoms with E-state index in [-0.39, 0.29) is 22.2 Å². The van der Waals surface area contributed by atoms with E-state index in [1.54, 1.807) is 30.3 Å². The number of hydrogen-bond acceptors (Lipinski definition) is 3. The molecule has 2 aromatic rings. The fraction of sp³-hybridized carbons (Fsp3) is 0.273. The summed E-state index contributed by atoms with van der Waals surface area (Å²) in [5, 5.41) is 0.351. The highest BCUT2D eigenvalue weighted by atomic mass is 35.5. The van der Waals surface area contributed by atoms with Crippen LogP contribution in [-0.2, 0) is 10.3 Å². The minimum atomic E-state index is -5.09. The second-order valence-electron chi connectivity index (χ2n) is 7.05. The molecule has 32 heavy (non-hydrogen) atoms. The number of amides is 2. The number of ether oxygens (including phenoxy) is 1. The lowest BCUT2D eigenvalue weighted by Gasteiger charge is -2.43. The summed E-state index contributed by atoms with van der Waals surface area (Å²) in [5.74, 6) is -1.82. The van der Waals surface area contributed by atoms with Crippen molar-refractivity contribution in [3.8, 4) is 5.75 Å². The molecule has 2 amide bonds. The molecule has 0 aromatic heterocycles. The van der Waals surface area contributed by atoms with Gasteiger partial charge in [0.1, 0.15) is 5.75 Å². The molecule has 0 heterocycles. The normalized spacial score (nSPS) is 13.1. The van der Waals surface area contributed by atoms with Crippen LogP contribution in [-0.4, -0.2) is 48.6 Å². The summed E-state index contributed by atoms with van der Waals surface area (Å²) in [4.78, 5) is 26.5. The number of nitrogens with zero attached hydrogens (tertiary/aromatic N) is 2. The van der Waals surface area contributed by atoms with E-state index in [0.29, 0.717) is 10.5 Å². The first-order valence-electron chi connectivity index (χ1n) is 9.32. The lowest BCUT2D eigenvalue weighted by Crippen LogP contribution is -2.56. The fourth-order valence-electron chi connectivity index (χ4n) is 3.25. The van der Waals surface area contributed by atoms with Gasteiger partial charge in [0.15, 0.2) is 0 Å². The van der Waals surface area contributed by atoms with Crippen molar-refractivity contribution in [2.24, 2.45) is 0 Å². The smallest absolute Gasteiger partial charge is 0.410 e. The molecule has 0 saturated carbocycles. The molecule has 0 spiro atoms. The fourth-order valence-corrected chi connectivity index (χ4v) is 3.55. The Morgan fingerprint density at radius 3 is 2.22 bits per heavy atom. The molecular weight excluding hydrogens is 468 g/mol. The number of halogens is 5. The minimum absolute atomic E-state index is 0.0131. The summed E-state index contributed by atoms with van der Waals surface area (Å²) in [7, 11) is 2.37. The number of hydrogen-bond donors (Lipinski definition) is 0. The molecule has 0 radical (unpaired) electrons. The quantitative estimate of drug-likeness (QED) is 0.454. The Morgan fingerprint density at radius 1 is 1.06 bits per heavy atom. The van der Waals surface area contributed by atoms with E-state index >= 15 is 0 Å². The summed E-state index contributed by atoms with van der Waals surface area (Å²) in [5.41, 5.74) is -1.14. The first-order valence-corrected chi connectivity index (χ1v) is 10.1. The highest BCUT2D eigenvalue weighted by molar-refractivity contribution is 6.42. The van der Waals surface area contributed by atoms with Crippen LogP contribution in [0.15, 0.2) is 61.2 Å². The Hall–Kier alpha value is -2.71. The lowest BCUT2D eigenvalue weighted by atomic mass is 9.84. The molecule has 0 N–H and O–H groups in total. The van der Waals surface area contributed by atoms with Crippen LogP contribution < -0.4 is 4.74 Å². The molecule has 2 aromatic carbocycles. The molecule has 0 aliphatic carbocycles. The SMILES string of the molecule is C=CCC(CN(C)C(=O)C(F)(F)F)(c1ccc(Cl)c(Cl)c1)N(C)C(=O)Oc1ccccc1. The van der Waals surface area contributed by atoms with Crippen LogP contribution >= 0.6 is 23.2 Å². The number of carbonyl (C=O) groups excluding carboxylic acids is 2. The van der Waals surface area contributed by atoms with Crippen LogP contribution in [0.1, 0.15) is 12.0 Å². The van der Waals surface area contributed by atoms with Gasteiger partial charge in [0.2, 0.25) is 0 Å². The van der Waals surface area contributed by atoms with Crippen molar-refractivity contribution >= 4 is 35.2 Å². The molecule has 1 unspecified atom stereocenters. The molecule has 0 fully saturated rings. The molecule has 2 rings (SSSR count). The van der Waals surface area contributed by atoms with Gasteiger partial charge in [-0.25, -0.2) is 4.79 Å². The van der Waals surface area contributed by atoms with Crippen LogP contribution in [0.3, 0.4) is 0 Å². The molecule has 0 aliphatic rings. The third-order valence-corrected chi connectivity index (χ3v) is 5.63. The third-order valence-electron chi connectivity index (χ3n) is 4.89. The van der Waals surface area contributed by atoms with Gasteiger partial charge in [0.25, 0.3) is 0 Å². The van der Waals surface area contributed by atoms with E-state index < -0.39 is 30.3 Å². The maximum atomic E-state index is 13.1. The topological polar surface area (TPSA) is 49.9 Å². The van der Waals surface area contributed by atoms with E-state index in [4.69, 9.17) is 27.9 Å². The van der Waals surface area contributed by atoms with Crippen LogP contribution in [0, 0.1) is 0 Å². The van der Waals surface area contributed by atoms with Gasteiger partial charge in [-0.3, -0.25) is 9.69 Å². The van der Waals surface area contributed by atoms with E-state index in [1.807, 2.05) is 0 Å². The number of benzene rings is 2. The number of carbonyl (C=O) groups is 2. The minimum Gasteiger partial charge on any atom is -0.410 e. The van der Waals surface area contributed by atoms with Crippen molar-refractivity contribution in [2.45, 2.75) is 18.1 Å². The van der Waals surface area contributed by atoms with Gasteiger partial charge >= 0.3 is 18.2 Å². The maximum absolute atomic E-state index is 13.1. The summed E-state index contributed by atoms with van der Waals surface area (Å²) >= 11 is 12.2. The van der Waals surface area contributed by atoms with Crippen molar-refractivity contribution < 1.29 is 27.5 Å². The predicted octanol–water partition coefficient (Wildman–Crippen LogP) is 5.92. The molecule has 0 saturated heterocycles. The molecule has 172 valence electrons. The van der Waals surface area contributed by atoms with Gasteiger partial charge in [-0.05, 0) is 36.2 Å². The van der Waals surface area contributed by atoms with Gasteiger partial charge in [-0.2, -0.15) is 13.2 Å². The summed E-state index contributed by atoms with van der Waals surface area (Å²) in [6.07, 6.45) is -4.52. The standard InChI is InChI=1S/C22H21Cl2F3N2O3/c1-4-12-21(14-28(2)19(30)22(25,26)27,15-10-11-17(23)18(24)13-15)29(3)20(31)32-16-8-6-5-7-9-16/h4-11,13H,1,12,14H2,2-3H3. The summed E-state index contributed by atoms with van der Waals surface area (Å²) < 4.78 is 44.6. The molecule has 5 nitrogen and oxygen atoms in total. The number of alkyl halides is 3. The highest BCUT2D eigenvalue weighted by Crippen LogP contribution is 2.37. The van der Waals surface area contributed by atoms with Crippen molar-refractivity contribution in [1.29, 1.82) is 0 Å². The Bertz CT molecular complexity index is 986. The molecule has 10 heteroatoms. The first-order chi connectivity index (χ1) is 14.9. The Labute approximate surface area is 194 Å². The zero-order valence-corrected chi connectivity index (χ0v) is 18.8. The van der Waals surface area contributed by atoms with Crippen LogP contribution in [0.4, 0.5) is 18.0 Å². The average Bonchev–Trinajstić information content (AvgIpc) is 2.74. The van der Waals surface area contributed by atoms with E-state index in [2.05, 4.69) is 6.58 Å². The Kier molecular flexibility index (Phi) is 8.20. The van der Waals surface area contributed by atoms with Crippen molar-refractivity contribution in [1.82, 2.24) is 9.80 Å². The van der Waals surface area contributed by atoms with E-state index in [9.17, 15) is 22.8 Å². The van der Waals surface area contributed by atoms with Gasteiger partial charge in [-0.15, -0.1) is 6.58 Å². The molecule has 1 atom stereocenters. The van der Waals surface area contributed by atoms with Crippen LogP contribution in [0.5, 0.6) is 5.75 Å². The van der Waals surface area contributed by atoms with Gasteiger partial charge in [0, 0.05) is 20.6 Å². The number of rotatable bonds is 7. The second kappa shape index (κ2) is 10.3. The van der Waals surface area contributed by atoms with Crippen LogP contribution in [0.2, 0.25) is 10.0 Å². The second-order valence-corrected chi connectivity index (χ2v) is 7.87. The van der Waals surface area contributed by atoms with E-state index in [1.165, 1.54) is 31.3 Å². The molecule has 0 aliphatic heterocycles. The Morgan fingerprint density at radius 2 is 1.69 bits per heavy atom. The largest absolute Gasteiger partial charge is 0.471 e.